The number of hydrogen-bond donors (Lipinski definition) is 0. The van der Waals surface area contributed by atoms with Gasteiger partial charge in [0.2, 0.25) is 0 Å². The molecular weight excluding hydrogens is 350 g/mol. The van der Waals surface area contributed by atoms with Gasteiger partial charge >= 0.3 is 0 Å². The molecule has 158 valence electrons. The number of nitrogens with zero attached hydrogens (tertiary/aromatic N) is 3. The molecule has 0 aromatic rings. The van der Waals surface area contributed by atoms with Gasteiger partial charge in [0.25, 0.3) is 0 Å². The first kappa shape index (κ1) is 26.3. The molecule has 0 saturated carbocycles. The summed E-state index contributed by atoms with van der Waals surface area (Å²) in [5.74, 6) is 0. The summed E-state index contributed by atoms with van der Waals surface area (Å²) in [4.78, 5) is 0. The minimum atomic E-state index is -1.74. The van der Waals surface area contributed by atoms with Crippen molar-refractivity contribution in [2.24, 2.45) is 0 Å². The zero-order chi connectivity index (χ0) is 20.9. The van der Waals surface area contributed by atoms with Crippen molar-refractivity contribution in [1.29, 1.82) is 0 Å². The topological polar surface area (TPSA) is 9.72 Å². The minimum Gasteiger partial charge on any atom is -0.322 e. The second kappa shape index (κ2) is 10.7. The van der Waals surface area contributed by atoms with E-state index in [1.807, 2.05) is 0 Å². The van der Waals surface area contributed by atoms with Gasteiger partial charge in [0, 0.05) is 0 Å². The molecule has 0 heterocycles. The Kier molecular flexibility index (Phi) is 10.9. The van der Waals surface area contributed by atoms with Gasteiger partial charge < -0.3 is 13.4 Å². The monoisotopic (exact) mass is 401 g/mol. The first-order chi connectivity index (χ1) is 11.7. The Morgan fingerprint density at radius 2 is 0.885 bits per heavy atom. The van der Waals surface area contributed by atoms with E-state index in [2.05, 4.69) is 102 Å². The van der Waals surface area contributed by atoms with Gasteiger partial charge in [-0.15, -0.1) is 0 Å². The third-order valence-corrected chi connectivity index (χ3v) is 16.8. The van der Waals surface area contributed by atoms with E-state index in [1.54, 1.807) is 0 Å². The van der Waals surface area contributed by atoms with Gasteiger partial charge in [-0.2, -0.15) is 0 Å². The lowest BCUT2D eigenvalue weighted by molar-refractivity contribution is 0.243. The number of rotatable bonds is 12. The van der Waals surface area contributed by atoms with Crippen molar-refractivity contribution in [2.75, 3.05) is 6.54 Å². The molecule has 0 rings (SSSR count). The summed E-state index contributed by atoms with van der Waals surface area (Å²) in [6.45, 7) is 33.1. The van der Waals surface area contributed by atoms with Crippen LogP contribution in [0.5, 0.6) is 0 Å². The largest absolute Gasteiger partial charge is 0.322 e. The lowest BCUT2D eigenvalue weighted by Crippen LogP contribution is -2.77. The third kappa shape index (κ3) is 6.44. The first-order valence-electron chi connectivity index (χ1n) is 11.1. The molecule has 0 saturated heterocycles. The van der Waals surface area contributed by atoms with E-state index in [-0.39, 0.29) is 0 Å². The van der Waals surface area contributed by atoms with E-state index in [4.69, 9.17) is 0 Å². The van der Waals surface area contributed by atoms with Crippen LogP contribution < -0.4 is 0 Å². The Morgan fingerprint density at radius 3 is 1.12 bits per heavy atom. The van der Waals surface area contributed by atoms with Gasteiger partial charge in [-0.1, -0.05) is 75.2 Å². The molecule has 0 aliphatic rings. The van der Waals surface area contributed by atoms with E-state index >= 15 is 0 Å². The van der Waals surface area contributed by atoms with Crippen LogP contribution >= 0.6 is 0 Å². The highest BCUT2D eigenvalue weighted by Gasteiger charge is 2.49. The second-order valence-corrected chi connectivity index (χ2v) is 18.6. The lowest BCUT2D eigenvalue weighted by Gasteiger charge is -2.58. The molecule has 3 nitrogen and oxygen atoms in total. The second-order valence-electron chi connectivity index (χ2n) is 10.0. The first-order valence-corrected chi connectivity index (χ1v) is 16.9. The predicted octanol–water partition coefficient (Wildman–Crippen LogP) is 6.12. The molecule has 5 heteroatoms. The summed E-state index contributed by atoms with van der Waals surface area (Å²) >= 11 is 0. The van der Waals surface area contributed by atoms with Crippen molar-refractivity contribution in [1.82, 2.24) is 13.4 Å². The van der Waals surface area contributed by atoms with Gasteiger partial charge in [-0.25, -0.2) is 0 Å². The van der Waals surface area contributed by atoms with Crippen LogP contribution in [0.25, 0.3) is 0 Å². The molecule has 0 atom stereocenters. The standard InChI is InChI=1S/C21H51N3Si2/c1-14-15-16-17-22(25(10,11)23(18(2)3)19(4)5)26(12,13)24(20(6)7)21(8)9/h18-21H,14-17H2,1-13H3. The molecular formula is C21H51N3Si2. The zero-order valence-electron chi connectivity index (χ0n) is 20.5. The predicted molar refractivity (Wildman–Crippen MR) is 125 cm³/mol. The molecule has 0 amide bonds. The Bertz CT molecular complexity index is 345. The molecule has 0 bridgehead atoms. The number of hydrogen-bond acceptors (Lipinski definition) is 3. The molecule has 0 aromatic carbocycles. The SMILES string of the molecule is CCCCCN([Si](C)(C)N(C(C)C)C(C)C)[Si](C)(C)N(C(C)C)C(C)C. The molecule has 0 aliphatic carbocycles. The van der Waals surface area contributed by atoms with E-state index in [9.17, 15) is 0 Å². The fourth-order valence-electron chi connectivity index (χ4n) is 5.74. The van der Waals surface area contributed by atoms with E-state index < -0.39 is 16.8 Å². The van der Waals surface area contributed by atoms with Crippen molar-refractivity contribution in [3.8, 4) is 0 Å². The van der Waals surface area contributed by atoms with Crippen molar-refractivity contribution in [3.05, 3.63) is 0 Å². The summed E-state index contributed by atoms with van der Waals surface area (Å²) < 4.78 is 8.76. The van der Waals surface area contributed by atoms with Crippen LogP contribution in [0.3, 0.4) is 0 Å². The highest BCUT2D eigenvalue weighted by Crippen LogP contribution is 2.31. The Labute approximate surface area is 168 Å². The molecule has 0 N–H and O–H groups in total. The van der Waals surface area contributed by atoms with E-state index in [0.29, 0.717) is 24.2 Å². The fourth-order valence-corrected chi connectivity index (χ4v) is 18.8. The van der Waals surface area contributed by atoms with Gasteiger partial charge in [0.05, 0.1) is 0 Å². The van der Waals surface area contributed by atoms with Gasteiger partial charge in [-0.05, 0) is 63.3 Å². The maximum absolute atomic E-state index is 3.05. The smallest absolute Gasteiger partial charge is 0.195 e. The summed E-state index contributed by atoms with van der Waals surface area (Å²) in [7, 11) is -3.48. The molecule has 0 unspecified atom stereocenters. The van der Waals surface area contributed by atoms with Crippen molar-refractivity contribution < 1.29 is 0 Å². The van der Waals surface area contributed by atoms with E-state index in [1.165, 1.54) is 25.8 Å². The maximum atomic E-state index is 3.05. The molecule has 0 aliphatic heterocycles. The molecule has 0 aromatic heterocycles. The molecule has 26 heavy (non-hydrogen) atoms. The van der Waals surface area contributed by atoms with Crippen LogP contribution in [-0.4, -0.2) is 60.9 Å². The number of unbranched alkanes of at least 4 members (excludes halogenated alkanes) is 2. The Morgan fingerprint density at radius 1 is 0.577 bits per heavy atom. The van der Waals surface area contributed by atoms with Crippen molar-refractivity contribution >= 4 is 16.8 Å². The van der Waals surface area contributed by atoms with Gasteiger partial charge in [-0.3, -0.25) is 0 Å². The van der Waals surface area contributed by atoms with E-state index in [0.717, 1.165) is 0 Å². The van der Waals surface area contributed by atoms with Crippen LogP contribution in [0.1, 0.15) is 81.6 Å². The van der Waals surface area contributed by atoms with Crippen LogP contribution in [0.2, 0.25) is 26.2 Å². The van der Waals surface area contributed by atoms with Crippen molar-refractivity contribution in [3.63, 3.8) is 0 Å². The summed E-state index contributed by atoms with van der Waals surface area (Å²) in [5.41, 5.74) is 0. The van der Waals surface area contributed by atoms with Crippen molar-refractivity contribution in [2.45, 2.75) is 132 Å². The minimum absolute atomic E-state index is 0.599. The summed E-state index contributed by atoms with van der Waals surface area (Å²) in [6, 6.07) is 2.40. The quantitative estimate of drug-likeness (QED) is 0.288. The molecule has 0 radical (unpaired) electrons. The Balaban J connectivity index is 6.10. The molecule has 0 spiro atoms. The third-order valence-electron chi connectivity index (χ3n) is 5.80. The zero-order valence-corrected chi connectivity index (χ0v) is 22.5. The van der Waals surface area contributed by atoms with Crippen LogP contribution in [-0.2, 0) is 0 Å². The highest BCUT2D eigenvalue weighted by atomic mass is 28.4. The van der Waals surface area contributed by atoms with Gasteiger partial charge in [0.1, 0.15) is 0 Å². The maximum Gasteiger partial charge on any atom is 0.195 e. The fraction of sp³-hybridized carbons (Fsp3) is 1.00. The normalized spacial score (nSPS) is 14.3. The van der Waals surface area contributed by atoms with Gasteiger partial charge in [0.15, 0.2) is 16.8 Å². The summed E-state index contributed by atoms with van der Waals surface area (Å²) in [5, 5.41) is 0. The molecule has 0 fully saturated rings. The van der Waals surface area contributed by atoms with Crippen LogP contribution in [0, 0.1) is 0 Å². The average Bonchev–Trinajstić information content (AvgIpc) is 2.39. The highest BCUT2D eigenvalue weighted by molar-refractivity contribution is 6.88. The summed E-state index contributed by atoms with van der Waals surface area (Å²) in [6.07, 6.45) is 3.98. The van der Waals surface area contributed by atoms with Crippen LogP contribution in [0.4, 0.5) is 0 Å². The lowest BCUT2D eigenvalue weighted by atomic mass is 10.3. The van der Waals surface area contributed by atoms with Crippen LogP contribution in [0.15, 0.2) is 0 Å². The Hall–Kier alpha value is 0.314. The average molecular weight is 402 g/mol.